The second-order valence-corrected chi connectivity index (χ2v) is 6.16. The Morgan fingerprint density at radius 1 is 1.10 bits per heavy atom. The van der Waals surface area contributed by atoms with Crippen LogP contribution in [0, 0.1) is 6.92 Å². The number of rotatable bonds is 6. The molecule has 2 rings (SSSR count). The Labute approximate surface area is 126 Å². The molecule has 0 bridgehead atoms. The molecule has 0 aliphatic heterocycles. The summed E-state index contributed by atoms with van der Waals surface area (Å²) in [5.41, 5.74) is 2.39. The van der Waals surface area contributed by atoms with E-state index in [1.165, 1.54) is 15.4 Å². The van der Waals surface area contributed by atoms with Gasteiger partial charge in [-0.25, -0.2) is 0 Å². The lowest BCUT2D eigenvalue weighted by Crippen LogP contribution is -2.20. The molecule has 1 aromatic heterocycles. The monoisotopic (exact) mass is 286 g/mol. The van der Waals surface area contributed by atoms with Crippen molar-refractivity contribution in [1.29, 1.82) is 0 Å². The van der Waals surface area contributed by atoms with Gasteiger partial charge in [-0.2, -0.15) is 0 Å². The maximum atomic E-state index is 4.56. The first-order valence-corrected chi connectivity index (χ1v) is 7.94. The maximum absolute atomic E-state index is 4.56. The number of benzene rings is 1. The molecule has 0 amide bonds. The number of aryl methyl sites for hydroxylation is 1. The summed E-state index contributed by atoms with van der Waals surface area (Å²) in [6.45, 7) is 7.47. The summed E-state index contributed by atoms with van der Waals surface area (Å²) in [6, 6.07) is 13.2. The first-order valence-electron chi connectivity index (χ1n) is 7.13. The van der Waals surface area contributed by atoms with E-state index in [1.54, 1.807) is 11.8 Å². The van der Waals surface area contributed by atoms with Gasteiger partial charge in [0.05, 0.1) is 5.69 Å². The fourth-order valence-corrected chi connectivity index (χ4v) is 2.70. The van der Waals surface area contributed by atoms with Crippen LogP contribution in [0.1, 0.15) is 37.6 Å². The van der Waals surface area contributed by atoms with Crippen molar-refractivity contribution in [2.45, 2.75) is 43.0 Å². The lowest BCUT2D eigenvalue weighted by Gasteiger charge is -2.12. The summed E-state index contributed by atoms with van der Waals surface area (Å²) >= 11 is 1.75. The van der Waals surface area contributed by atoms with Crippen molar-refractivity contribution in [3.63, 3.8) is 0 Å². The summed E-state index contributed by atoms with van der Waals surface area (Å²) in [5, 5.41) is 3.45. The van der Waals surface area contributed by atoms with Gasteiger partial charge in [-0.3, -0.25) is 4.98 Å². The summed E-state index contributed by atoms with van der Waals surface area (Å²) < 4.78 is 0. The lowest BCUT2D eigenvalue weighted by atomic mass is 10.2. The molecule has 1 atom stereocenters. The SMILES string of the molecule is CCCNC(C)c1ccc(Sc2ccc(C)cc2)cn1. The number of nitrogens with one attached hydrogen (secondary N) is 1. The van der Waals surface area contributed by atoms with Crippen molar-refractivity contribution < 1.29 is 0 Å². The van der Waals surface area contributed by atoms with Crippen LogP contribution in [-0.4, -0.2) is 11.5 Å². The fraction of sp³-hybridized carbons (Fsp3) is 0.353. The van der Waals surface area contributed by atoms with Gasteiger partial charge in [0.15, 0.2) is 0 Å². The molecule has 0 spiro atoms. The molecular weight excluding hydrogens is 264 g/mol. The highest BCUT2D eigenvalue weighted by molar-refractivity contribution is 7.99. The maximum Gasteiger partial charge on any atom is 0.0571 e. The van der Waals surface area contributed by atoms with Crippen LogP contribution in [0.15, 0.2) is 52.4 Å². The minimum absolute atomic E-state index is 0.313. The van der Waals surface area contributed by atoms with Crippen LogP contribution in [0.25, 0.3) is 0 Å². The first-order chi connectivity index (χ1) is 9.69. The van der Waals surface area contributed by atoms with Crippen LogP contribution in [0.4, 0.5) is 0 Å². The Hall–Kier alpha value is -1.32. The third kappa shape index (κ3) is 4.36. The van der Waals surface area contributed by atoms with Crippen molar-refractivity contribution in [2.24, 2.45) is 0 Å². The van der Waals surface area contributed by atoms with Crippen molar-refractivity contribution in [1.82, 2.24) is 10.3 Å². The second kappa shape index (κ2) is 7.46. The average molecular weight is 286 g/mol. The molecule has 0 saturated carbocycles. The molecule has 1 aromatic carbocycles. The van der Waals surface area contributed by atoms with Crippen molar-refractivity contribution >= 4 is 11.8 Å². The van der Waals surface area contributed by atoms with E-state index < -0.39 is 0 Å². The second-order valence-electron chi connectivity index (χ2n) is 5.01. The minimum Gasteiger partial charge on any atom is -0.309 e. The van der Waals surface area contributed by atoms with E-state index in [0.29, 0.717) is 6.04 Å². The highest BCUT2D eigenvalue weighted by atomic mass is 32.2. The number of aromatic nitrogens is 1. The Bertz CT molecular complexity index is 520. The molecule has 106 valence electrons. The third-order valence-electron chi connectivity index (χ3n) is 3.16. The number of nitrogens with zero attached hydrogens (tertiary/aromatic N) is 1. The molecule has 0 saturated heterocycles. The smallest absolute Gasteiger partial charge is 0.0571 e. The Morgan fingerprint density at radius 2 is 1.80 bits per heavy atom. The van der Waals surface area contributed by atoms with Crippen LogP contribution < -0.4 is 5.32 Å². The fourth-order valence-electron chi connectivity index (χ4n) is 1.92. The van der Waals surface area contributed by atoms with Crippen LogP contribution in [0.2, 0.25) is 0 Å². The zero-order valence-corrected chi connectivity index (χ0v) is 13.2. The van der Waals surface area contributed by atoms with E-state index in [2.05, 4.69) is 67.5 Å². The van der Waals surface area contributed by atoms with E-state index in [-0.39, 0.29) is 0 Å². The molecule has 1 unspecified atom stereocenters. The molecule has 1 N–H and O–H groups in total. The van der Waals surface area contributed by atoms with E-state index in [4.69, 9.17) is 0 Å². The van der Waals surface area contributed by atoms with Crippen LogP contribution in [0.3, 0.4) is 0 Å². The van der Waals surface area contributed by atoms with Gasteiger partial charge >= 0.3 is 0 Å². The predicted octanol–water partition coefficient (Wildman–Crippen LogP) is 4.60. The first kappa shape index (κ1) is 15.1. The van der Waals surface area contributed by atoms with Gasteiger partial charge in [-0.05, 0) is 51.1 Å². The normalized spacial score (nSPS) is 12.3. The molecular formula is C17H22N2S. The minimum atomic E-state index is 0.313. The summed E-state index contributed by atoms with van der Waals surface area (Å²) in [4.78, 5) is 6.99. The standard InChI is InChI=1S/C17H22N2S/c1-4-11-18-14(3)17-10-9-16(12-19-17)20-15-7-5-13(2)6-8-15/h5-10,12,14,18H,4,11H2,1-3H3. The Balaban J connectivity index is 1.99. The van der Waals surface area contributed by atoms with Crippen LogP contribution >= 0.6 is 11.8 Å². The van der Waals surface area contributed by atoms with Crippen LogP contribution in [0.5, 0.6) is 0 Å². The van der Waals surface area contributed by atoms with Gasteiger partial charge in [0.2, 0.25) is 0 Å². The van der Waals surface area contributed by atoms with Gasteiger partial charge in [0.1, 0.15) is 0 Å². The van der Waals surface area contributed by atoms with Crippen molar-refractivity contribution in [2.75, 3.05) is 6.54 Å². The lowest BCUT2D eigenvalue weighted by molar-refractivity contribution is 0.558. The Kier molecular flexibility index (Phi) is 5.62. The molecule has 2 aromatic rings. The molecule has 3 heteroatoms. The average Bonchev–Trinajstić information content (AvgIpc) is 2.48. The molecule has 20 heavy (non-hydrogen) atoms. The molecule has 1 heterocycles. The van der Waals surface area contributed by atoms with Gasteiger partial charge in [-0.1, -0.05) is 36.4 Å². The third-order valence-corrected chi connectivity index (χ3v) is 4.15. The van der Waals surface area contributed by atoms with Crippen molar-refractivity contribution in [3.05, 3.63) is 53.9 Å². The number of hydrogen-bond donors (Lipinski definition) is 1. The quantitative estimate of drug-likeness (QED) is 0.840. The molecule has 0 radical (unpaired) electrons. The van der Waals surface area contributed by atoms with E-state index in [9.17, 15) is 0 Å². The topological polar surface area (TPSA) is 24.9 Å². The molecule has 0 aliphatic carbocycles. The summed E-state index contributed by atoms with van der Waals surface area (Å²) in [5.74, 6) is 0. The van der Waals surface area contributed by atoms with Gasteiger partial charge in [0.25, 0.3) is 0 Å². The van der Waals surface area contributed by atoms with E-state index >= 15 is 0 Å². The van der Waals surface area contributed by atoms with E-state index in [1.807, 2.05) is 6.20 Å². The van der Waals surface area contributed by atoms with Gasteiger partial charge in [-0.15, -0.1) is 0 Å². The predicted molar refractivity (Wildman–Crippen MR) is 86.2 cm³/mol. The number of pyridine rings is 1. The zero-order valence-electron chi connectivity index (χ0n) is 12.4. The zero-order chi connectivity index (χ0) is 14.4. The summed E-state index contributed by atoms with van der Waals surface area (Å²) in [7, 11) is 0. The summed E-state index contributed by atoms with van der Waals surface area (Å²) in [6.07, 6.45) is 3.11. The highest BCUT2D eigenvalue weighted by Crippen LogP contribution is 2.27. The molecule has 0 aliphatic rings. The van der Waals surface area contributed by atoms with Gasteiger partial charge in [0, 0.05) is 22.0 Å². The van der Waals surface area contributed by atoms with Crippen LogP contribution in [-0.2, 0) is 0 Å². The van der Waals surface area contributed by atoms with Crippen molar-refractivity contribution in [3.8, 4) is 0 Å². The molecule has 2 nitrogen and oxygen atoms in total. The molecule has 0 fully saturated rings. The van der Waals surface area contributed by atoms with E-state index in [0.717, 1.165) is 18.7 Å². The highest BCUT2D eigenvalue weighted by Gasteiger charge is 2.05. The van der Waals surface area contributed by atoms with Gasteiger partial charge < -0.3 is 5.32 Å². The number of hydrogen-bond acceptors (Lipinski definition) is 3. The Morgan fingerprint density at radius 3 is 2.40 bits per heavy atom. The largest absolute Gasteiger partial charge is 0.309 e.